The average Bonchev–Trinajstić information content (AvgIpc) is 2.20. The van der Waals surface area contributed by atoms with Crippen molar-refractivity contribution in [3.63, 3.8) is 0 Å². The van der Waals surface area contributed by atoms with Crippen LogP contribution in [0.2, 0.25) is 5.02 Å². The zero-order valence-electron chi connectivity index (χ0n) is 8.79. The van der Waals surface area contributed by atoms with Crippen LogP contribution in [0.15, 0.2) is 24.3 Å². The van der Waals surface area contributed by atoms with E-state index in [0.717, 1.165) is 16.1 Å². The molecule has 1 aromatic carbocycles. The van der Waals surface area contributed by atoms with E-state index in [0.29, 0.717) is 6.61 Å². The van der Waals surface area contributed by atoms with Gasteiger partial charge in [-0.1, -0.05) is 23.7 Å². The molecule has 0 saturated heterocycles. The summed E-state index contributed by atoms with van der Waals surface area (Å²) >= 11 is 5.88. The molecule has 1 aromatic rings. The van der Waals surface area contributed by atoms with E-state index >= 15 is 0 Å². The highest BCUT2D eigenvalue weighted by Gasteiger charge is 1.96. The van der Waals surface area contributed by atoms with Gasteiger partial charge >= 0.3 is 5.97 Å². The Morgan fingerprint density at radius 2 is 2.27 bits per heavy atom. The number of carbonyl (C=O) groups excluding carboxylic acids is 1. The average molecular weight is 225 g/mol. The normalized spacial score (nSPS) is 10.6. The van der Waals surface area contributed by atoms with Crippen molar-refractivity contribution in [1.29, 1.82) is 0 Å². The van der Waals surface area contributed by atoms with E-state index in [4.69, 9.17) is 16.3 Å². The SMILES string of the molecule is CCOC(=O)/C=C/c1ccc(Cl)c(C)c1. The molecule has 0 fully saturated rings. The van der Waals surface area contributed by atoms with Crippen LogP contribution in [0, 0.1) is 6.92 Å². The third-order valence-corrected chi connectivity index (χ3v) is 2.30. The van der Waals surface area contributed by atoms with Crippen molar-refractivity contribution in [3.05, 3.63) is 40.4 Å². The second-order valence-corrected chi connectivity index (χ2v) is 3.50. The van der Waals surface area contributed by atoms with Gasteiger partial charge in [-0.15, -0.1) is 0 Å². The molecule has 0 unspecified atom stereocenters. The minimum absolute atomic E-state index is 0.329. The highest BCUT2D eigenvalue weighted by Crippen LogP contribution is 2.16. The molecule has 0 aliphatic carbocycles. The molecule has 0 heterocycles. The number of esters is 1. The van der Waals surface area contributed by atoms with Gasteiger partial charge in [0, 0.05) is 11.1 Å². The molecule has 0 amide bonds. The lowest BCUT2D eigenvalue weighted by Gasteiger charge is -1.99. The lowest BCUT2D eigenvalue weighted by Crippen LogP contribution is -1.98. The zero-order valence-corrected chi connectivity index (χ0v) is 9.54. The summed E-state index contributed by atoms with van der Waals surface area (Å²) in [5.41, 5.74) is 1.92. The van der Waals surface area contributed by atoms with Crippen molar-refractivity contribution in [3.8, 4) is 0 Å². The van der Waals surface area contributed by atoms with E-state index in [1.165, 1.54) is 6.08 Å². The van der Waals surface area contributed by atoms with Gasteiger partial charge in [0.25, 0.3) is 0 Å². The van der Waals surface area contributed by atoms with Crippen molar-refractivity contribution in [1.82, 2.24) is 0 Å². The summed E-state index contributed by atoms with van der Waals surface area (Å²) < 4.78 is 4.77. The Balaban J connectivity index is 2.72. The highest BCUT2D eigenvalue weighted by atomic mass is 35.5. The molecule has 2 nitrogen and oxygen atoms in total. The fourth-order valence-electron chi connectivity index (χ4n) is 1.13. The number of carbonyl (C=O) groups is 1. The largest absolute Gasteiger partial charge is 0.463 e. The minimum atomic E-state index is -0.329. The maximum atomic E-state index is 11.0. The smallest absolute Gasteiger partial charge is 0.330 e. The van der Waals surface area contributed by atoms with Crippen molar-refractivity contribution in [2.75, 3.05) is 6.61 Å². The summed E-state index contributed by atoms with van der Waals surface area (Å²) in [5, 5.41) is 0.725. The molecule has 80 valence electrons. The molecule has 15 heavy (non-hydrogen) atoms. The summed E-state index contributed by atoms with van der Waals surface area (Å²) in [6, 6.07) is 5.57. The van der Waals surface area contributed by atoms with E-state index in [2.05, 4.69) is 0 Å². The standard InChI is InChI=1S/C12H13ClO2/c1-3-15-12(14)7-5-10-4-6-11(13)9(2)8-10/h4-8H,3H2,1-2H3/b7-5+. The predicted molar refractivity (Wildman–Crippen MR) is 61.9 cm³/mol. The van der Waals surface area contributed by atoms with E-state index < -0.39 is 0 Å². The first-order valence-electron chi connectivity index (χ1n) is 4.74. The summed E-state index contributed by atoms with van der Waals surface area (Å²) in [5.74, 6) is -0.329. The number of halogens is 1. The van der Waals surface area contributed by atoms with Gasteiger partial charge in [0.15, 0.2) is 0 Å². The highest BCUT2D eigenvalue weighted by molar-refractivity contribution is 6.31. The molecule has 3 heteroatoms. The second-order valence-electron chi connectivity index (χ2n) is 3.09. The molecule has 0 aromatic heterocycles. The van der Waals surface area contributed by atoms with Crippen molar-refractivity contribution >= 4 is 23.6 Å². The van der Waals surface area contributed by atoms with Crippen LogP contribution in [0.3, 0.4) is 0 Å². The van der Waals surface area contributed by atoms with Crippen LogP contribution in [-0.2, 0) is 9.53 Å². The zero-order chi connectivity index (χ0) is 11.3. The van der Waals surface area contributed by atoms with Crippen LogP contribution in [0.5, 0.6) is 0 Å². The molecule has 0 aliphatic heterocycles. The fraction of sp³-hybridized carbons (Fsp3) is 0.250. The van der Waals surface area contributed by atoms with Crippen LogP contribution in [0.25, 0.3) is 6.08 Å². The maximum Gasteiger partial charge on any atom is 0.330 e. The van der Waals surface area contributed by atoms with Gasteiger partial charge in [0.1, 0.15) is 0 Å². The Bertz CT molecular complexity index is 383. The number of hydrogen-bond donors (Lipinski definition) is 0. The molecule has 0 atom stereocenters. The number of ether oxygens (including phenoxy) is 1. The molecule has 0 saturated carbocycles. The number of benzene rings is 1. The quantitative estimate of drug-likeness (QED) is 0.582. The van der Waals surface area contributed by atoms with Gasteiger partial charge in [0.2, 0.25) is 0 Å². The molecule has 0 spiro atoms. The fourth-order valence-corrected chi connectivity index (χ4v) is 1.24. The van der Waals surface area contributed by atoms with Gasteiger partial charge in [-0.2, -0.15) is 0 Å². The monoisotopic (exact) mass is 224 g/mol. The molecule has 0 aliphatic rings. The number of aryl methyl sites for hydroxylation is 1. The maximum absolute atomic E-state index is 11.0. The summed E-state index contributed by atoms with van der Waals surface area (Å²) in [6.45, 7) is 4.09. The molecule has 0 radical (unpaired) electrons. The Kier molecular flexibility index (Phi) is 4.37. The van der Waals surface area contributed by atoms with Gasteiger partial charge in [-0.25, -0.2) is 4.79 Å². The summed E-state index contributed by atoms with van der Waals surface area (Å²) in [7, 11) is 0. The first-order chi connectivity index (χ1) is 7.13. The van der Waals surface area contributed by atoms with Crippen molar-refractivity contribution in [2.24, 2.45) is 0 Å². The summed E-state index contributed by atoms with van der Waals surface area (Å²) in [4.78, 5) is 11.0. The lowest BCUT2D eigenvalue weighted by atomic mass is 10.1. The van der Waals surface area contributed by atoms with Gasteiger partial charge in [-0.3, -0.25) is 0 Å². The molecule has 1 rings (SSSR count). The molecular formula is C12H13ClO2. The molecule has 0 bridgehead atoms. The van der Waals surface area contributed by atoms with E-state index in [9.17, 15) is 4.79 Å². The summed E-state index contributed by atoms with van der Waals surface area (Å²) in [6.07, 6.45) is 3.12. The van der Waals surface area contributed by atoms with E-state index in [1.54, 1.807) is 13.0 Å². The van der Waals surface area contributed by atoms with Crippen LogP contribution in [-0.4, -0.2) is 12.6 Å². The van der Waals surface area contributed by atoms with Gasteiger partial charge in [0.05, 0.1) is 6.61 Å². The Morgan fingerprint density at radius 1 is 1.53 bits per heavy atom. The first-order valence-corrected chi connectivity index (χ1v) is 5.12. The Hall–Kier alpha value is -1.28. The Morgan fingerprint density at radius 3 is 2.87 bits per heavy atom. The van der Waals surface area contributed by atoms with Crippen molar-refractivity contribution < 1.29 is 9.53 Å². The van der Waals surface area contributed by atoms with E-state index in [-0.39, 0.29) is 5.97 Å². The minimum Gasteiger partial charge on any atom is -0.463 e. The van der Waals surface area contributed by atoms with Gasteiger partial charge < -0.3 is 4.74 Å². The third kappa shape index (κ3) is 3.76. The van der Waals surface area contributed by atoms with Gasteiger partial charge in [-0.05, 0) is 37.1 Å². The van der Waals surface area contributed by atoms with Crippen LogP contribution < -0.4 is 0 Å². The lowest BCUT2D eigenvalue weighted by molar-refractivity contribution is -0.137. The van der Waals surface area contributed by atoms with Crippen LogP contribution in [0.4, 0.5) is 0 Å². The van der Waals surface area contributed by atoms with Crippen LogP contribution >= 0.6 is 11.6 Å². The second kappa shape index (κ2) is 5.56. The molecular weight excluding hydrogens is 212 g/mol. The van der Waals surface area contributed by atoms with Crippen LogP contribution in [0.1, 0.15) is 18.1 Å². The van der Waals surface area contributed by atoms with Crippen molar-refractivity contribution in [2.45, 2.75) is 13.8 Å². The van der Waals surface area contributed by atoms with E-state index in [1.807, 2.05) is 25.1 Å². The Labute approximate surface area is 94.5 Å². The number of hydrogen-bond acceptors (Lipinski definition) is 2. The molecule has 0 N–H and O–H groups in total. The number of rotatable bonds is 3. The third-order valence-electron chi connectivity index (χ3n) is 1.88. The topological polar surface area (TPSA) is 26.3 Å². The first kappa shape index (κ1) is 11.8. The predicted octanol–water partition coefficient (Wildman–Crippen LogP) is 3.22.